The van der Waals surface area contributed by atoms with Crippen molar-refractivity contribution in [3.8, 4) is 11.5 Å². The van der Waals surface area contributed by atoms with Gasteiger partial charge in [-0.3, -0.25) is 0 Å². The van der Waals surface area contributed by atoms with Crippen molar-refractivity contribution in [3.05, 3.63) is 23.8 Å². The smallest absolute Gasteiger partial charge is 0.180 e. The largest absolute Gasteiger partial charge is 0.370 e. The number of hydrogen-bond donors (Lipinski definition) is 1. The van der Waals surface area contributed by atoms with Crippen molar-refractivity contribution in [2.24, 2.45) is 0 Å². The van der Waals surface area contributed by atoms with Crippen LogP contribution in [0.4, 0.5) is 5.82 Å². The van der Waals surface area contributed by atoms with E-state index in [2.05, 4.69) is 28.7 Å². The highest BCUT2D eigenvalue weighted by atomic mass is 32.2. The first kappa shape index (κ1) is 13.4. The fraction of sp³-hybridized carbons (Fsp3) is 0.500. The van der Waals surface area contributed by atoms with Gasteiger partial charge in [0, 0.05) is 30.2 Å². The van der Waals surface area contributed by atoms with Gasteiger partial charge in [0.1, 0.15) is 11.5 Å². The van der Waals surface area contributed by atoms with Crippen molar-refractivity contribution in [2.45, 2.75) is 38.3 Å². The molecule has 20 heavy (non-hydrogen) atoms. The molecule has 0 aliphatic carbocycles. The Morgan fingerprint density at radius 3 is 3.00 bits per heavy atom. The van der Waals surface area contributed by atoms with Gasteiger partial charge < -0.3 is 9.88 Å². The number of fused-ring (bicyclic) bond motifs is 1. The average Bonchev–Trinajstić information content (AvgIpc) is 3.12. The van der Waals surface area contributed by atoms with Gasteiger partial charge in [-0.1, -0.05) is 6.92 Å². The minimum Gasteiger partial charge on any atom is -0.370 e. The molecule has 0 saturated heterocycles. The van der Waals surface area contributed by atoms with Gasteiger partial charge in [-0.25, -0.2) is 15.0 Å². The van der Waals surface area contributed by atoms with E-state index in [-0.39, 0.29) is 0 Å². The molecule has 0 amide bonds. The molecule has 6 heteroatoms. The van der Waals surface area contributed by atoms with Gasteiger partial charge >= 0.3 is 0 Å². The Bertz CT molecular complexity index is 608. The predicted octanol–water partition coefficient (Wildman–Crippen LogP) is 2.93. The predicted molar refractivity (Wildman–Crippen MR) is 82.7 cm³/mol. The van der Waals surface area contributed by atoms with E-state index < -0.39 is 0 Å². The average molecular weight is 289 g/mol. The summed E-state index contributed by atoms with van der Waals surface area (Å²) in [5, 5.41) is 3.44. The summed E-state index contributed by atoms with van der Waals surface area (Å²) in [7, 11) is 0. The van der Waals surface area contributed by atoms with Crippen molar-refractivity contribution in [1.29, 1.82) is 0 Å². The third-order valence-corrected chi connectivity index (χ3v) is 4.37. The van der Waals surface area contributed by atoms with Crippen LogP contribution in [0.2, 0.25) is 0 Å². The molecule has 0 bridgehead atoms. The lowest BCUT2D eigenvalue weighted by molar-refractivity contribution is 0.762. The zero-order chi connectivity index (χ0) is 13.9. The van der Waals surface area contributed by atoms with Crippen LogP contribution in [0, 0.1) is 0 Å². The summed E-state index contributed by atoms with van der Waals surface area (Å²) in [4.78, 5) is 13.7. The molecular formula is C14H19N5S. The molecule has 0 unspecified atom stereocenters. The minimum absolute atomic E-state index is 0.782. The Hall–Kier alpha value is -1.56. The maximum Gasteiger partial charge on any atom is 0.180 e. The molecule has 2 aromatic rings. The highest BCUT2D eigenvalue weighted by molar-refractivity contribution is 7.98. The maximum absolute atomic E-state index is 4.74. The van der Waals surface area contributed by atoms with Crippen LogP contribution in [0.5, 0.6) is 0 Å². The van der Waals surface area contributed by atoms with E-state index in [0.717, 1.165) is 48.4 Å². The molecule has 3 heterocycles. The van der Waals surface area contributed by atoms with Gasteiger partial charge in [0.15, 0.2) is 5.82 Å². The molecule has 0 fully saturated rings. The fourth-order valence-corrected chi connectivity index (χ4v) is 3.36. The second-order valence-electron chi connectivity index (χ2n) is 4.81. The molecule has 1 aliphatic rings. The van der Waals surface area contributed by atoms with Crippen LogP contribution in [-0.4, -0.2) is 26.1 Å². The van der Waals surface area contributed by atoms with E-state index in [4.69, 9.17) is 9.97 Å². The van der Waals surface area contributed by atoms with Crippen LogP contribution in [0.1, 0.15) is 31.5 Å². The van der Waals surface area contributed by atoms with E-state index >= 15 is 0 Å². The molecule has 0 radical (unpaired) electrons. The Labute approximate surface area is 123 Å². The van der Waals surface area contributed by atoms with Crippen LogP contribution < -0.4 is 5.32 Å². The van der Waals surface area contributed by atoms with Crippen molar-refractivity contribution in [1.82, 2.24) is 19.5 Å². The lowest BCUT2D eigenvalue weighted by atomic mass is 10.2. The monoisotopic (exact) mass is 289 g/mol. The summed E-state index contributed by atoms with van der Waals surface area (Å²) < 4.78 is 2.08. The molecular weight excluding hydrogens is 270 g/mol. The summed E-state index contributed by atoms with van der Waals surface area (Å²) in [6.07, 6.45) is 4.77. The summed E-state index contributed by atoms with van der Waals surface area (Å²) in [6.45, 7) is 6.09. The number of hydrogen-bond acceptors (Lipinski definition) is 5. The lowest BCUT2D eigenvalue weighted by Gasteiger charge is -2.11. The molecule has 1 aliphatic heterocycles. The molecule has 3 rings (SSSR count). The van der Waals surface area contributed by atoms with E-state index in [0.29, 0.717) is 0 Å². The van der Waals surface area contributed by atoms with E-state index in [1.54, 1.807) is 0 Å². The first-order valence-corrected chi connectivity index (χ1v) is 8.20. The van der Waals surface area contributed by atoms with E-state index in [1.165, 1.54) is 11.3 Å². The maximum atomic E-state index is 4.74. The molecule has 0 spiro atoms. The first-order chi connectivity index (χ1) is 9.83. The number of nitrogens with one attached hydrogen (secondary N) is 1. The highest BCUT2D eigenvalue weighted by Gasteiger charge is 2.21. The SMILES string of the molecule is CCCNc1nc(-c2cncn2CC)nc2c1CSC2. The number of aryl methyl sites for hydroxylation is 1. The second-order valence-corrected chi connectivity index (χ2v) is 5.79. The topological polar surface area (TPSA) is 55.6 Å². The van der Waals surface area contributed by atoms with Crippen LogP contribution in [0.3, 0.4) is 0 Å². The van der Waals surface area contributed by atoms with E-state index in [9.17, 15) is 0 Å². The van der Waals surface area contributed by atoms with Gasteiger partial charge in [-0.15, -0.1) is 0 Å². The third kappa shape index (κ3) is 2.40. The van der Waals surface area contributed by atoms with Crippen LogP contribution in [0.25, 0.3) is 11.5 Å². The number of anilines is 1. The lowest BCUT2D eigenvalue weighted by Crippen LogP contribution is -2.09. The number of rotatable bonds is 5. The number of thioether (sulfide) groups is 1. The van der Waals surface area contributed by atoms with Crippen molar-refractivity contribution in [3.63, 3.8) is 0 Å². The fourth-order valence-electron chi connectivity index (χ4n) is 2.31. The standard InChI is InChI=1S/C14H19N5S/c1-3-5-16-13-10-7-20-8-11(10)17-14(18-13)12-6-15-9-19(12)4-2/h6,9H,3-5,7-8H2,1-2H3,(H,16,17,18). The van der Waals surface area contributed by atoms with Gasteiger partial charge in [-0.05, 0) is 13.3 Å². The molecule has 1 N–H and O–H groups in total. The molecule has 0 aromatic carbocycles. The number of nitrogens with zero attached hydrogens (tertiary/aromatic N) is 4. The Kier molecular flexibility index (Phi) is 3.91. The minimum atomic E-state index is 0.782. The summed E-state index contributed by atoms with van der Waals surface area (Å²) in [5.74, 6) is 3.77. The van der Waals surface area contributed by atoms with Crippen LogP contribution in [-0.2, 0) is 18.1 Å². The quantitative estimate of drug-likeness (QED) is 0.917. The molecule has 106 valence electrons. The van der Waals surface area contributed by atoms with Crippen molar-refractivity contribution in [2.75, 3.05) is 11.9 Å². The summed E-state index contributed by atoms with van der Waals surface area (Å²) in [5.41, 5.74) is 3.43. The van der Waals surface area contributed by atoms with E-state index in [1.807, 2.05) is 24.3 Å². The van der Waals surface area contributed by atoms with Gasteiger partial charge in [0.05, 0.1) is 18.2 Å². The van der Waals surface area contributed by atoms with Gasteiger partial charge in [0.25, 0.3) is 0 Å². The third-order valence-electron chi connectivity index (χ3n) is 3.40. The van der Waals surface area contributed by atoms with Gasteiger partial charge in [0.2, 0.25) is 0 Å². The number of imidazole rings is 1. The second kappa shape index (κ2) is 5.83. The zero-order valence-corrected chi connectivity index (χ0v) is 12.7. The number of aromatic nitrogens is 4. The Balaban J connectivity index is 2.04. The van der Waals surface area contributed by atoms with Crippen LogP contribution >= 0.6 is 11.8 Å². The highest BCUT2D eigenvalue weighted by Crippen LogP contribution is 2.34. The van der Waals surface area contributed by atoms with Crippen LogP contribution in [0.15, 0.2) is 12.5 Å². The summed E-state index contributed by atoms with van der Waals surface area (Å²) in [6, 6.07) is 0. The van der Waals surface area contributed by atoms with Crippen molar-refractivity contribution >= 4 is 17.6 Å². The normalized spacial score (nSPS) is 13.5. The Morgan fingerprint density at radius 1 is 1.30 bits per heavy atom. The molecule has 5 nitrogen and oxygen atoms in total. The van der Waals surface area contributed by atoms with Gasteiger partial charge in [-0.2, -0.15) is 11.8 Å². The molecule has 0 atom stereocenters. The molecule has 2 aromatic heterocycles. The first-order valence-electron chi connectivity index (χ1n) is 7.05. The Morgan fingerprint density at radius 2 is 2.20 bits per heavy atom. The summed E-state index contributed by atoms with van der Waals surface area (Å²) >= 11 is 1.90. The molecule has 0 saturated carbocycles. The van der Waals surface area contributed by atoms with Crippen molar-refractivity contribution < 1.29 is 0 Å². The zero-order valence-electron chi connectivity index (χ0n) is 11.9.